The zero-order valence-electron chi connectivity index (χ0n) is 43.2. The normalized spacial score (nSPS) is 23.4. The number of alkyl halides is 9. The molecule has 0 aromatic heterocycles. The molecular formula is C56H67F9N5O10P-2. The van der Waals surface area contributed by atoms with Gasteiger partial charge in [-0.05, 0) is 112 Å². The van der Waals surface area contributed by atoms with E-state index in [2.05, 4.69) is 15.5 Å². The van der Waals surface area contributed by atoms with Crippen molar-refractivity contribution in [1.29, 1.82) is 0 Å². The van der Waals surface area contributed by atoms with Gasteiger partial charge in [-0.2, -0.15) is 39.5 Å². The van der Waals surface area contributed by atoms with Crippen LogP contribution in [0, 0.1) is 6.92 Å². The second kappa shape index (κ2) is 27.4. The molecule has 6 atom stereocenters. The predicted molar refractivity (Wildman–Crippen MR) is 276 cm³/mol. The number of ether oxygens (including phenoxy) is 2. The van der Waals surface area contributed by atoms with Crippen LogP contribution < -0.4 is 26.5 Å². The van der Waals surface area contributed by atoms with Crippen molar-refractivity contribution >= 4 is 32.3 Å². The summed E-state index contributed by atoms with van der Waals surface area (Å²) in [6, 6.07) is 23.2. The zero-order valence-corrected chi connectivity index (χ0v) is 44.1. The van der Waals surface area contributed by atoms with Crippen molar-refractivity contribution < 1.29 is 87.8 Å². The van der Waals surface area contributed by atoms with Gasteiger partial charge in [-0.15, -0.1) is 0 Å². The molecule has 0 saturated carbocycles. The third kappa shape index (κ3) is 16.0. The molecule has 4 N–H and O–H groups in total. The van der Waals surface area contributed by atoms with E-state index in [1.54, 1.807) is 55.1 Å². The first kappa shape index (κ1) is 67.5. The molecule has 4 aliphatic rings. The van der Waals surface area contributed by atoms with E-state index in [1.165, 1.54) is 11.8 Å². The van der Waals surface area contributed by atoms with Crippen molar-refractivity contribution in [3.63, 3.8) is 0 Å². The Morgan fingerprint density at radius 1 is 0.630 bits per heavy atom. The molecule has 0 aliphatic carbocycles. The lowest BCUT2D eigenvalue weighted by Gasteiger charge is -2.53. The number of hydrogen-bond acceptors (Lipinski definition) is 11. The summed E-state index contributed by atoms with van der Waals surface area (Å²) < 4.78 is 141. The number of benzene rings is 4. The smallest absolute Gasteiger partial charge is 0.416 e. The average Bonchev–Trinajstić information content (AvgIpc) is 4.19. The van der Waals surface area contributed by atoms with E-state index >= 15 is 0 Å². The molecule has 4 fully saturated rings. The maximum absolute atomic E-state index is 13.4. The molecule has 25 heteroatoms. The fraction of sp³-hybridized carbons (Fsp3) is 0.500. The summed E-state index contributed by atoms with van der Waals surface area (Å²) in [6.07, 6.45) is -12.8. The average molecular weight is 1170 g/mol. The van der Waals surface area contributed by atoms with Gasteiger partial charge in [-0.25, -0.2) is 0 Å². The molecule has 15 nitrogen and oxygen atoms in total. The van der Waals surface area contributed by atoms with Gasteiger partial charge in [0.05, 0.1) is 79.5 Å². The van der Waals surface area contributed by atoms with Crippen LogP contribution >= 0.6 is 8.69 Å². The lowest BCUT2D eigenvalue weighted by Crippen LogP contribution is -2.65. The molecule has 81 heavy (non-hydrogen) atoms. The maximum atomic E-state index is 13.4. The van der Waals surface area contributed by atoms with Gasteiger partial charge in [0.2, 0.25) is 23.6 Å². The largest absolute Gasteiger partial charge is 0.772 e. The zero-order chi connectivity index (χ0) is 58.2. The second-order valence-corrected chi connectivity index (χ2v) is 20.5. The lowest BCUT2D eigenvalue weighted by molar-refractivity contribution is -0.685. The standard InChI is InChI=1S/C27H29F6N3O3.C27H31F3N2O5.2CH4.HO2P/c1-17(18-11-20(26(28,29)30)13-21(12-18)27(31,32)33)39-16-25(19-5-3-2-4-6-19)10-9-24(8-7-22(37)35-24)15-36(25)23(38)14-34;1-18-12-20(14-22(13-18)27(28,29)30)19(2)36-17-26(21-6-4-3-5-7-21)11-10-25(9-8-23(33)31-25)16-32(26)24(34)15-37-35;;;1-3-2/h2-6,11-13,17H,7-10,14-16,34H2,1H3,(H,35,37);3-7,12-14,19,35H,8-11,15-17H2,1-2H3,(H,31,33);2*1H4;(H,1,2)/p-2/t17-,24-,25-;19-,25-,26-;;;/m11.../s1. The Kier molecular flexibility index (Phi) is 22.8. The first-order valence-electron chi connectivity index (χ1n) is 25.0. The van der Waals surface area contributed by atoms with Gasteiger partial charge >= 0.3 is 18.5 Å². The Morgan fingerprint density at radius 3 is 1.35 bits per heavy atom. The summed E-state index contributed by atoms with van der Waals surface area (Å²) in [5, 5.41) is 16.9. The Hall–Kier alpha value is -6.01. The number of halogens is 9. The van der Waals surface area contributed by atoms with E-state index < -0.39 is 96.7 Å². The van der Waals surface area contributed by atoms with E-state index in [0.717, 1.165) is 17.7 Å². The summed E-state index contributed by atoms with van der Waals surface area (Å²) >= 11 is 0. The molecule has 0 radical (unpaired) electrons. The Balaban J connectivity index is 0.000000325. The number of carbonyl (C=O) groups is 4. The van der Waals surface area contributed by atoms with Crippen LogP contribution in [0.1, 0.15) is 137 Å². The highest BCUT2D eigenvalue weighted by Crippen LogP contribution is 2.47. The SMILES string of the molecule is C.C.C[C@@H](OC[C@@]1(c2ccccc2)CC[C@]2(CCC(=O)N2)CN1C(=O)CN)c1cc(C(F)(F)F)cc(C(F)(F)F)c1.Cc1cc([C@@H](C)OC[C@@]2(c3ccccc3)CC[C@]3(CCC(=O)N3)CN2C(=O)CO[O-])cc(C(F)(F)F)c1.O=P[O-]. The van der Waals surface area contributed by atoms with Crippen LogP contribution in [0.3, 0.4) is 0 Å². The number of carbonyl (C=O) groups excluding carboxylic acids is 4. The molecule has 0 unspecified atom stereocenters. The molecule has 446 valence electrons. The van der Waals surface area contributed by atoms with E-state index in [0.29, 0.717) is 80.2 Å². The van der Waals surface area contributed by atoms with Crippen LogP contribution in [0.25, 0.3) is 0 Å². The minimum atomic E-state index is -4.99. The number of aryl methyl sites for hydroxylation is 1. The van der Waals surface area contributed by atoms with Crippen LogP contribution in [0.5, 0.6) is 0 Å². The number of nitrogens with one attached hydrogen (secondary N) is 2. The van der Waals surface area contributed by atoms with E-state index in [-0.39, 0.29) is 71.1 Å². The fourth-order valence-electron chi connectivity index (χ4n) is 11.0. The number of hydrogen-bond donors (Lipinski definition) is 3. The molecule has 4 aromatic rings. The van der Waals surface area contributed by atoms with Gasteiger partial charge in [-0.3, -0.25) is 23.7 Å². The van der Waals surface area contributed by atoms with Gasteiger partial charge < -0.3 is 50.7 Å². The third-order valence-corrected chi connectivity index (χ3v) is 15.2. The summed E-state index contributed by atoms with van der Waals surface area (Å²) in [4.78, 5) is 65.9. The summed E-state index contributed by atoms with van der Waals surface area (Å²) in [6.45, 7) is 3.66. The maximum Gasteiger partial charge on any atom is 0.416 e. The lowest BCUT2D eigenvalue weighted by atomic mass is 9.74. The molecule has 2 spiro atoms. The van der Waals surface area contributed by atoms with Crippen molar-refractivity contribution in [2.75, 3.05) is 39.5 Å². The fourth-order valence-corrected chi connectivity index (χ4v) is 11.0. The van der Waals surface area contributed by atoms with Crippen molar-refractivity contribution in [3.05, 3.63) is 142 Å². The molecular weight excluding hydrogens is 1100 g/mol. The van der Waals surface area contributed by atoms with Crippen molar-refractivity contribution in [1.82, 2.24) is 20.4 Å². The topological polar surface area (TPSA) is 216 Å². The molecule has 4 aromatic carbocycles. The second-order valence-electron chi connectivity index (χ2n) is 20.3. The van der Waals surface area contributed by atoms with Gasteiger partial charge in [0, 0.05) is 25.9 Å². The quantitative estimate of drug-likeness (QED) is 0.0496. The van der Waals surface area contributed by atoms with E-state index in [4.69, 9.17) is 24.7 Å². The number of piperidine rings is 2. The minimum Gasteiger partial charge on any atom is -0.772 e. The highest BCUT2D eigenvalue weighted by Gasteiger charge is 2.55. The van der Waals surface area contributed by atoms with Crippen molar-refractivity contribution in [3.8, 4) is 0 Å². The van der Waals surface area contributed by atoms with Gasteiger partial charge in [-0.1, -0.05) is 87.1 Å². The van der Waals surface area contributed by atoms with Crippen LogP contribution in [-0.2, 0) is 67.7 Å². The number of rotatable bonds is 13. The number of nitrogens with two attached hydrogens (primary N) is 1. The number of nitrogens with zero attached hydrogens (tertiary/aromatic N) is 2. The Labute approximate surface area is 465 Å². The van der Waals surface area contributed by atoms with Crippen LogP contribution in [0.2, 0.25) is 0 Å². The highest BCUT2D eigenvalue weighted by atomic mass is 31.1. The van der Waals surface area contributed by atoms with Crippen LogP contribution in [0.15, 0.2) is 97.1 Å². The monoisotopic (exact) mass is 1170 g/mol. The minimum absolute atomic E-state index is 0. The Morgan fingerprint density at radius 2 is 1.00 bits per heavy atom. The third-order valence-electron chi connectivity index (χ3n) is 15.2. The van der Waals surface area contributed by atoms with Crippen molar-refractivity contribution in [2.45, 2.75) is 140 Å². The van der Waals surface area contributed by atoms with E-state index in [9.17, 15) is 63.9 Å². The predicted octanol–water partition coefficient (Wildman–Crippen LogP) is 9.30. The summed E-state index contributed by atoms with van der Waals surface area (Å²) in [5.41, 5.74) is 0.712. The molecule has 4 saturated heterocycles. The molecule has 4 aliphatic heterocycles. The summed E-state index contributed by atoms with van der Waals surface area (Å²) in [7, 11) is -1.08. The van der Waals surface area contributed by atoms with Crippen molar-refractivity contribution in [2.24, 2.45) is 5.73 Å². The first-order chi connectivity index (χ1) is 37.1. The summed E-state index contributed by atoms with van der Waals surface area (Å²) in [5.74, 6) is -1.19. The van der Waals surface area contributed by atoms with E-state index in [1.807, 2.05) is 30.3 Å². The molecule has 4 heterocycles. The van der Waals surface area contributed by atoms with Crippen LogP contribution in [0.4, 0.5) is 39.5 Å². The van der Waals surface area contributed by atoms with Crippen LogP contribution in [-0.4, -0.2) is 84.0 Å². The van der Waals surface area contributed by atoms with Gasteiger partial charge in [0.1, 0.15) is 6.61 Å². The Bertz CT molecular complexity index is 2770. The highest BCUT2D eigenvalue weighted by molar-refractivity contribution is 7.14. The van der Waals surface area contributed by atoms with Gasteiger partial charge in [0.25, 0.3) is 0 Å². The molecule has 8 rings (SSSR count). The molecule has 0 bridgehead atoms. The number of amides is 4. The number of likely N-dealkylation sites (tertiary alicyclic amines) is 2. The molecule has 4 amide bonds. The first-order valence-corrected chi connectivity index (χ1v) is 25.8. The van der Waals surface area contributed by atoms with Gasteiger partial charge in [0.15, 0.2) is 0 Å².